The van der Waals surface area contributed by atoms with Gasteiger partial charge in [-0.25, -0.2) is 0 Å². The summed E-state index contributed by atoms with van der Waals surface area (Å²) < 4.78 is 6.25. The lowest BCUT2D eigenvalue weighted by molar-refractivity contribution is 0.0965. The third-order valence-corrected chi connectivity index (χ3v) is 4.26. The van der Waals surface area contributed by atoms with Crippen LogP contribution in [-0.2, 0) is 0 Å². The molecule has 1 aromatic heterocycles. The van der Waals surface area contributed by atoms with Crippen molar-refractivity contribution in [1.82, 2.24) is 10.2 Å². The summed E-state index contributed by atoms with van der Waals surface area (Å²) in [7, 11) is 0. The Morgan fingerprint density at radius 3 is 3.05 bits per heavy atom. The van der Waals surface area contributed by atoms with Crippen LogP contribution in [0.1, 0.15) is 31.2 Å². The van der Waals surface area contributed by atoms with Crippen molar-refractivity contribution in [1.29, 1.82) is 0 Å². The Hall–Kier alpha value is -1.55. The lowest BCUT2D eigenvalue weighted by Crippen LogP contribution is -2.35. The van der Waals surface area contributed by atoms with Gasteiger partial charge >= 0.3 is 0 Å². The van der Waals surface area contributed by atoms with Gasteiger partial charge in [0.25, 0.3) is 0 Å². The van der Waals surface area contributed by atoms with Gasteiger partial charge in [-0.15, -0.1) is 0 Å². The Balaban J connectivity index is 1.85. The van der Waals surface area contributed by atoms with Crippen molar-refractivity contribution in [3.8, 4) is 5.75 Å². The van der Waals surface area contributed by atoms with Gasteiger partial charge < -0.3 is 10.5 Å². The van der Waals surface area contributed by atoms with Gasteiger partial charge in [0.05, 0.1) is 11.7 Å². The van der Waals surface area contributed by atoms with Crippen LogP contribution < -0.4 is 10.5 Å². The van der Waals surface area contributed by atoms with Crippen LogP contribution in [0.25, 0.3) is 10.9 Å². The molecule has 1 saturated carbocycles. The largest absolute Gasteiger partial charge is 0.490 e. The highest BCUT2D eigenvalue weighted by Gasteiger charge is 2.26. The van der Waals surface area contributed by atoms with E-state index in [1.165, 1.54) is 19.3 Å². The van der Waals surface area contributed by atoms with Crippen LogP contribution >= 0.6 is 0 Å². The van der Waals surface area contributed by atoms with Gasteiger partial charge in [0.1, 0.15) is 11.9 Å². The number of aromatic amines is 1. The number of nitrogens with one attached hydrogen (secondary N) is 1. The maximum atomic E-state index is 6.25. The Morgan fingerprint density at radius 2 is 2.21 bits per heavy atom. The van der Waals surface area contributed by atoms with Crippen molar-refractivity contribution < 1.29 is 4.74 Å². The molecule has 4 heteroatoms. The monoisotopic (exact) mass is 259 g/mol. The number of ether oxygens (including phenoxy) is 1. The number of fused-ring (bicyclic) bond motifs is 1. The predicted molar refractivity (Wildman–Crippen MR) is 76.3 cm³/mol. The third kappa shape index (κ3) is 2.32. The number of hydrogen-bond donors (Lipinski definition) is 2. The average molecular weight is 259 g/mol. The number of nitrogens with zero attached hydrogens (tertiary/aromatic N) is 1. The average Bonchev–Trinajstić information content (AvgIpc) is 2.92. The summed E-state index contributed by atoms with van der Waals surface area (Å²) >= 11 is 0. The normalized spacial score (nSPS) is 23.7. The second-order valence-electron chi connectivity index (χ2n) is 5.46. The second kappa shape index (κ2) is 5.21. The van der Waals surface area contributed by atoms with Crippen LogP contribution in [0.15, 0.2) is 18.3 Å². The first-order valence-corrected chi connectivity index (χ1v) is 7.09. The first-order valence-electron chi connectivity index (χ1n) is 7.09. The zero-order valence-corrected chi connectivity index (χ0v) is 11.4. The molecule has 1 aromatic carbocycles. The van der Waals surface area contributed by atoms with Crippen LogP contribution in [0.2, 0.25) is 0 Å². The van der Waals surface area contributed by atoms with Gasteiger partial charge in [-0.1, -0.05) is 6.42 Å². The maximum Gasteiger partial charge on any atom is 0.123 e. The van der Waals surface area contributed by atoms with Crippen molar-refractivity contribution in [2.24, 2.45) is 11.7 Å². The molecule has 0 radical (unpaired) electrons. The van der Waals surface area contributed by atoms with Gasteiger partial charge in [-0.3, -0.25) is 5.10 Å². The van der Waals surface area contributed by atoms with Crippen molar-refractivity contribution in [2.75, 3.05) is 6.54 Å². The Labute approximate surface area is 113 Å². The highest BCUT2D eigenvalue weighted by molar-refractivity contribution is 5.83. The SMILES string of the molecule is Cc1c(O[C@@H]2CCCC[C@H]2CN)ccc2[nH]ncc12. The molecule has 0 unspecified atom stereocenters. The molecule has 2 aromatic rings. The van der Waals surface area contributed by atoms with E-state index in [0.29, 0.717) is 5.92 Å². The number of benzene rings is 1. The zero-order chi connectivity index (χ0) is 13.2. The summed E-state index contributed by atoms with van der Waals surface area (Å²) in [6.45, 7) is 2.81. The molecular formula is C15H21N3O. The lowest BCUT2D eigenvalue weighted by Gasteiger charge is -2.31. The summed E-state index contributed by atoms with van der Waals surface area (Å²) in [6, 6.07) is 4.07. The van der Waals surface area contributed by atoms with E-state index in [4.69, 9.17) is 10.5 Å². The predicted octanol–water partition coefficient (Wildman–Crippen LogP) is 2.77. The molecule has 1 aliphatic carbocycles. The van der Waals surface area contributed by atoms with Crippen LogP contribution in [0.3, 0.4) is 0 Å². The molecule has 19 heavy (non-hydrogen) atoms. The van der Waals surface area contributed by atoms with Gasteiger partial charge in [-0.2, -0.15) is 5.10 Å². The minimum atomic E-state index is 0.266. The van der Waals surface area contributed by atoms with Gasteiger partial charge in [0.15, 0.2) is 0 Å². The molecule has 3 rings (SSSR count). The van der Waals surface area contributed by atoms with E-state index >= 15 is 0 Å². The molecule has 1 heterocycles. The molecule has 0 bridgehead atoms. The Morgan fingerprint density at radius 1 is 1.37 bits per heavy atom. The lowest BCUT2D eigenvalue weighted by atomic mass is 9.86. The summed E-state index contributed by atoms with van der Waals surface area (Å²) in [5, 5.41) is 8.20. The fourth-order valence-electron chi connectivity index (χ4n) is 3.03. The summed E-state index contributed by atoms with van der Waals surface area (Å²) in [4.78, 5) is 0. The molecule has 4 nitrogen and oxygen atoms in total. The zero-order valence-electron chi connectivity index (χ0n) is 11.4. The fraction of sp³-hybridized carbons (Fsp3) is 0.533. The number of H-pyrrole nitrogens is 1. The van der Waals surface area contributed by atoms with Crippen LogP contribution in [0.4, 0.5) is 0 Å². The molecule has 0 aliphatic heterocycles. The van der Waals surface area contributed by atoms with E-state index in [1.807, 2.05) is 18.3 Å². The molecule has 0 spiro atoms. The van der Waals surface area contributed by atoms with E-state index in [1.54, 1.807) is 0 Å². The number of hydrogen-bond acceptors (Lipinski definition) is 3. The number of aromatic nitrogens is 2. The van der Waals surface area contributed by atoms with Crippen molar-refractivity contribution in [2.45, 2.75) is 38.7 Å². The topological polar surface area (TPSA) is 63.9 Å². The van der Waals surface area contributed by atoms with Crippen LogP contribution in [0.5, 0.6) is 5.75 Å². The van der Waals surface area contributed by atoms with Gasteiger partial charge in [0.2, 0.25) is 0 Å². The maximum absolute atomic E-state index is 6.25. The molecule has 2 atom stereocenters. The second-order valence-corrected chi connectivity index (χ2v) is 5.46. The Bertz CT molecular complexity index is 564. The van der Waals surface area contributed by atoms with Crippen LogP contribution in [-0.4, -0.2) is 22.8 Å². The molecular weight excluding hydrogens is 238 g/mol. The molecule has 0 saturated heterocycles. The van der Waals surface area contributed by atoms with E-state index in [2.05, 4.69) is 17.1 Å². The van der Waals surface area contributed by atoms with Crippen molar-refractivity contribution in [3.05, 3.63) is 23.9 Å². The quantitative estimate of drug-likeness (QED) is 0.890. The molecule has 0 amide bonds. The third-order valence-electron chi connectivity index (χ3n) is 4.26. The van der Waals surface area contributed by atoms with Gasteiger partial charge in [-0.05, 0) is 44.9 Å². The van der Waals surface area contributed by atoms with E-state index in [0.717, 1.165) is 35.2 Å². The number of nitrogens with two attached hydrogens (primary N) is 1. The molecule has 1 aliphatic rings. The minimum Gasteiger partial charge on any atom is -0.490 e. The highest BCUT2D eigenvalue weighted by Crippen LogP contribution is 2.31. The smallest absolute Gasteiger partial charge is 0.123 e. The first-order chi connectivity index (χ1) is 9.29. The standard InChI is InChI=1S/C15H21N3O/c1-10-12-9-17-18-13(12)6-7-14(10)19-15-5-3-2-4-11(15)8-16/h6-7,9,11,15H,2-5,8,16H2,1H3,(H,17,18)/t11-,15+/m0/s1. The van der Waals surface area contributed by atoms with Gasteiger partial charge in [0, 0.05) is 16.9 Å². The highest BCUT2D eigenvalue weighted by atomic mass is 16.5. The summed E-state index contributed by atoms with van der Waals surface area (Å²) in [5.74, 6) is 1.47. The molecule has 3 N–H and O–H groups in total. The minimum absolute atomic E-state index is 0.266. The molecule has 102 valence electrons. The van der Waals surface area contributed by atoms with Crippen molar-refractivity contribution >= 4 is 10.9 Å². The number of aryl methyl sites for hydroxylation is 1. The summed E-state index contributed by atoms with van der Waals surface area (Å²) in [6.07, 6.45) is 6.95. The van der Waals surface area contributed by atoms with Crippen LogP contribution in [0, 0.1) is 12.8 Å². The fourth-order valence-corrected chi connectivity index (χ4v) is 3.03. The summed E-state index contributed by atoms with van der Waals surface area (Å²) in [5.41, 5.74) is 8.08. The van der Waals surface area contributed by atoms with E-state index in [-0.39, 0.29) is 6.10 Å². The van der Waals surface area contributed by atoms with E-state index < -0.39 is 0 Å². The Kier molecular flexibility index (Phi) is 3.42. The number of rotatable bonds is 3. The van der Waals surface area contributed by atoms with Crippen molar-refractivity contribution in [3.63, 3.8) is 0 Å². The first kappa shape index (κ1) is 12.5. The molecule has 1 fully saturated rings. The van der Waals surface area contributed by atoms with E-state index in [9.17, 15) is 0 Å².